The van der Waals surface area contributed by atoms with Crippen LogP contribution in [0.1, 0.15) is 37.6 Å². The Bertz CT molecular complexity index is 320. The van der Waals surface area contributed by atoms with E-state index in [9.17, 15) is 0 Å². The monoisotopic (exact) mass is 191 g/mol. The largest absolute Gasteiger partial charge is 0.320 e. The van der Waals surface area contributed by atoms with E-state index in [2.05, 4.69) is 16.9 Å². The lowest BCUT2D eigenvalue weighted by Gasteiger charge is -2.09. The molecule has 0 radical (unpaired) electrons. The van der Waals surface area contributed by atoms with Gasteiger partial charge in [0.2, 0.25) is 0 Å². The molecule has 3 heteroatoms. The Balaban J connectivity index is 2.13. The van der Waals surface area contributed by atoms with Crippen LogP contribution in [0, 0.1) is 12.8 Å². The Morgan fingerprint density at radius 3 is 2.86 bits per heavy atom. The first-order chi connectivity index (χ1) is 6.66. The van der Waals surface area contributed by atoms with Crippen LogP contribution in [-0.4, -0.2) is 9.97 Å². The van der Waals surface area contributed by atoms with Crippen LogP contribution in [-0.2, 0) is 5.54 Å². The van der Waals surface area contributed by atoms with Crippen LogP contribution in [0.2, 0.25) is 0 Å². The molecule has 2 atom stereocenters. The van der Waals surface area contributed by atoms with E-state index >= 15 is 0 Å². The minimum Gasteiger partial charge on any atom is -0.320 e. The minimum atomic E-state index is -0.170. The van der Waals surface area contributed by atoms with Gasteiger partial charge in [-0.3, -0.25) is 9.97 Å². The number of nitrogens with two attached hydrogens (primary N) is 1. The molecule has 1 fully saturated rings. The molecule has 0 bridgehead atoms. The van der Waals surface area contributed by atoms with E-state index in [-0.39, 0.29) is 5.54 Å². The standard InChI is InChI=1S/C11H17N3/c1-3-4-9-5-11(9,12)10-7-13-8(2)6-14-10/h6-7,9H,3-5,12H2,1-2H3. The summed E-state index contributed by atoms with van der Waals surface area (Å²) in [6, 6.07) is 0. The van der Waals surface area contributed by atoms with Gasteiger partial charge in [-0.25, -0.2) is 0 Å². The summed E-state index contributed by atoms with van der Waals surface area (Å²) in [7, 11) is 0. The quantitative estimate of drug-likeness (QED) is 0.792. The molecule has 0 amide bonds. The Labute approximate surface area is 84.8 Å². The molecule has 2 unspecified atom stereocenters. The molecule has 0 spiro atoms. The lowest BCUT2D eigenvalue weighted by Crippen LogP contribution is -2.23. The van der Waals surface area contributed by atoms with Gasteiger partial charge in [-0.15, -0.1) is 0 Å². The highest BCUT2D eigenvalue weighted by molar-refractivity contribution is 5.23. The van der Waals surface area contributed by atoms with Crippen molar-refractivity contribution in [1.82, 2.24) is 9.97 Å². The summed E-state index contributed by atoms with van der Waals surface area (Å²) >= 11 is 0. The lowest BCUT2D eigenvalue weighted by molar-refractivity contribution is 0.568. The maximum atomic E-state index is 6.25. The van der Waals surface area contributed by atoms with E-state index in [1.54, 1.807) is 6.20 Å². The van der Waals surface area contributed by atoms with Crippen LogP contribution in [0.5, 0.6) is 0 Å². The molecule has 2 rings (SSSR count). The third-order valence-electron chi connectivity index (χ3n) is 3.05. The van der Waals surface area contributed by atoms with Crippen molar-refractivity contribution in [2.45, 2.75) is 38.6 Å². The molecular formula is C11H17N3. The van der Waals surface area contributed by atoms with Crippen molar-refractivity contribution < 1.29 is 0 Å². The predicted molar refractivity (Wildman–Crippen MR) is 55.6 cm³/mol. The summed E-state index contributed by atoms with van der Waals surface area (Å²) in [5, 5.41) is 0. The van der Waals surface area contributed by atoms with Crippen LogP contribution in [0.15, 0.2) is 12.4 Å². The van der Waals surface area contributed by atoms with E-state index in [4.69, 9.17) is 5.73 Å². The highest BCUT2D eigenvalue weighted by Gasteiger charge is 2.52. The molecule has 0 aliphatic heterocycles. The van der Waals surface area contributed by atoms with Gasteiger partial charge in [0, 0.05) is 6.20 Å². The zero-order chi connectivity index (χ0) is 10.2. The normalized spacial score (nSPS) is 30.4. The highest BCUT2D eigenvalue weighted by Crippen LogP contribution is 2.51. The number of rotatable bonds is 3. The second kappa shape index (κ2) is 3.31. The smallest absolute Gasteiger partial charge is 0.0788 e. The van der Waals surface area contributed by atoms with Crippen LogP contribution in [0.4, 0.5) is 0 Å². The molecule has 1 aromatic rings. The van der Waals surface area contributed by atoms with Crippen LogP contribution >= 0.6 is 0 Å². The molecule has 1 heterocycles. The van der Waals surface area contributed by atoms with Gasteiger partial charge in [-0.1, -0.05) is 13.3 Å². The Kier molecular flexibility index (Phi) is 2.27. The van der Waals surface area contributed by atoms with Crippen molar-refractivity contribution in [3.05, 3.63) is 23.8 Å². The molecule has 1 aromatic heterocycles. The maximum absolute atomic E-state index is 6.25. The molecule has 0 saturated heterocycles. The van der Waals surface area contributed by atoms with Gasteiger partial charge in [0.05, 0.1) is 23.1 Å². The van der Waals surface area contributed by atoms with E-state index in [1.165, 1.54) is 12.8 Å². The average Bonchev–Trinajstić information content (AvgIpc) is 2.80. The van der Waals surface area contributed by atoms with Gasteiger partial charge >= 0.3 is 0 Å². The van der Waals surface area contributed by atoms with Crippen molar-refractivity contribution in [3.8, 4) is 0 Å². The lowest BCUT2D eigenvalue weighted by atomic mass is 10.1. The Morgan fingerprint density at radius 1 is 1.50 bits per heavy atom. The van der Waals surface area contributed by atoms with Crippen molar-refractivity contribution in [3.63, 3.8) is 0 Å². The SMILES string of the molecule is CCCC1CC1(N)c1cnc(C)cn1. The van der Waals surface area contributed by atoms with Crippen LogP contribution in [0.3, 0.4) is 0 Å². The van der Waals surface area contributed by atoms with E-state index < -0.39 is 0 Å². The number of hydrogen-bond donors (Lipinski definition) is 1. The number of aryl methyl sites for hydroxylation is 1. The average molecular weight is 191 g/mol. The van der Waals surface area contributed by atoms with Gasteiger partial charge in [0.25, 0.3) is 0 Å². The maximum Gasteiger partial charge on any atom is 0.0788 e. The minimum absolute atomic E-state index is 0.170. The summed E-state index contributed by atoms with van der Waals surface area (Å²) in [5.41, 5.74) is 7.98. The Hall–Kier alpha value is -0.960. The fraction of sp³-hybridized carbons (Fsp3) is 0.636. The first-order valence-corrected chi connectivity index (χ1v) is 5.25. The summed E-state index contributed by atoms with van der Waals surface area (Å²) in [5.74, 6) is 0.615. The van der Waals surface area contributed by atoms with Crippen LogP contribution < -0.4 is 5.73 Å². The fourth-order valence-corrected chi connectivity index (χ4v) is 2.00. The third-order valence-corrected chi connectivity index (χ3v) is 3.05. The summed E-state index contributed by atoms with van der Waals surface area (Å²) in [6.07, 6.45) is 7.09. The van der Waals surface area contributed by atoms with Crippen molar-refractivity contribution in [2.75, 3.05) is 0 Å². The predicted octanol–water partition coefficient (Wildman–Crippen LogP) is 1.76. The van der Waals surface area contributed by atoms with Gasteiger partial charge in [-0.2, -0.15) is 0 Å². The molecular weight excluding hydrogens is 174 g/mol. The van der Waals surface area contributed by atoms with Crippen molar-refractivity contribution >= 4 is 0 Å². The van der Waals surface area contributed by atoms with Crippen LogP contribution in [0.25, 0.3) is 0 Å². The summed E-state index contributed by atoms with van der Waals surface area (Å²) in [4.78, 5) is 8.59. The second-order valence-electron chi connectivity index (χ2n) is 4.27. The Morgan fingerprint density at radius 2 is 2.29 bits per heavy atom. The fourth-order valence-electron chi connectivity index (χ4n) is 2.00. The number of nitrogens with zero attached hydrogens (tertiary/aromatic N) is 2. The van der Waals surface area contributed by atoms with E-state index in [0.29, 0.717) is 5.92 Å². The highest BCUT2D eigenvalue weighted by atomic mass is 14.9. The zero-order valence-electron chi connectivity index (χ0n) is 8.83. The second-order valence-corrected chi connectivity index (χ2v) is 4.27. The van der Waals surface area contributed by atoms with E-state index in [1.807, 2.05) is 13.1 Å². The van der Waals surface area contributed by atoms with Crippen molar-refractivity contribution in [1.29, 1.82) is 0 Å². The van der Waals surface area contributed by atoms with Gasteiger partial charge in [-0.05, 0) is 25.7 Å². The molecule has 76 valence electrons. The van der Waals surface area contributed by atoms with E-state index in [0.717, 1.165) is 17.8 Å². The molecule has 1 aliphatic rings. The molecule has 0 aromatic carbocycles. The summed E-state index contributed by atoms with van der Waals surface area (Å²) in [6.45, 7) is 4.13. The van der Waals surface area contributed by atoms with Crippen molar-refractivity contribution in [2.24, 2.45) is 11.7 Å². The third kappa shape index (κ3) is 1.52. The van der Waals surface area contributed by atoms with Gasteiger partial charge in [0.15, 0.2) is 0 Å². The first kappa shape index (κ1) is 9.59. The van der Waals surface area contributed by atoms with Gasteiger partial charge < -0.3 is 5.73 Å². The number of hydrogen-bond acceptors (Lipinski definition) is 3. The first-order valence-electron chi connectivity index (χ1n) is 5.25. The topological polar surface area (TPSA) is 51.8 Å². The molecule has 1 saturated carbocycles. The molecule has 1 aliphatic carbocycles. The summed E-state index contributed by atoms with van der Waals surface area (Å²) < 4.78 is 0. The molecule has 3 nitrogen and oxygen atoms in total. The molecule has 14 heavy (non-hydrogen) atoms. The zero-order valence-corrected chi connectivity index (χ0v) is 8.83. The number of aromatic nitrogens is 2. The van der Waals surface area contributed by atoms with Gasteiger partial charge in [0.1, 0.15) is 0 Å². The molecule has 2 N–H and O–H groups in total.